The Morgan fingerprint density at radius 1 is 1.48 bits per heavy atom. The molecule has 3 rings (SSSR count). The van der Waals surface area contributed by atoms with Crippen molar-refractivity contribution in [3.63, 3.8) is 0 Å². The van der Waals surface area contributed by atoms with Crippen LogP contribution in [0.25, 0.3) is 11.0 Å². The smallest absolute Gasteiger partial charge is 0.410 e. The van der Waals surface area contributed by atoms with E-state index in [4.69, 9.17) is 16.3 Å². The molecule has 124 valence electrons. The number of H-pyrrole nitrogens is 1. The highest BCUT2D eigenvalue weighted by molar-refractivity contribution is 6.35. The second kappa shape index (κ2) is 6.04. The molecule has 5 nitrogen and oxygen atoms in total. The van der Waals surface area contributed by atoms with Gasteiger partial charge < -0.3 is 14.6 Å². The lowest BCUT2D eigenvalue weighted by molar-refractivity contribution is 0.0197. The fourth-order valence-electron chi connectivity index (χ4n) is 2.96. The van der Waals surface area contributed by atoms with Crippen LogP contribution in [0.15, 0.2) is 18.3 Å². The first kappa shape index (κ1) is 16.1. The van der Waals surface area contributed by atoms with Crippen molar-refractivity contribution in [2.45, 2.75) is 45.1 Å². The highest BCUT2D eigenvalue weighted by Gasteiger charge is 2.29. The molecule has 0 bridgehead atoms. The van der Waals surface area contributed by atoms with Crippen LogP contribution in [0.5, 0.6) is 0 Å². The highest BCUT2D eigenvalue weighted by atomic mass is 35.5. The minimum atomic E-state index is -0.470. The largest absolute Gasteiger partial charge is 0.444 e. The van der Waals surface area contributed by atoms with Crippen LogP contribution in [-0.4, -0.2) is 39.7 Å². The van der Waals surface area contributed by atoms with Crippen molar-refractivity contribution in [1.82, 2.24) is 14.9 Å². The molecule has 1 unspecified atom stereocenters. The van der Waals surface area contributed by atoms with Crippen molar-refractivity contribution < 1.29 is 9.53 Å². The van der Waals surface area contributed by atoms with Crippen LogP contribution in [0, 0.1) is 0 Å². The van der Waals surface area contributed by atoms with E-state index in [1.807, 2.05) is 26.8 Å². The van der Waals surface area contributed by atoms with Gasteiger partial charge in [0.1, 0.15) is 11.2 Å². The molecule has 2 aromatic heterocycles. The van der Waals surface area contributed by atoms with Crippen LogP contribution in [0.3, 0.4) is 0 Å². The normalized spacial score (nSPS) is 19.1. The van der Waals surface area contributed by atoms with Crippen LogP contribution in [0.2, 0.25) is 5.02 Å². The summed E-state index contributed by atoms with van der Waals surface area (Å²) < 4.78 is 5.48. The van der Waals surface area contributed by atoms with Gasteiger partial charge in [-0.25, -0.2) is 9.78 Å². The maximum Gasteiger partial charge on any atom is 0.410 e. The summed E-state index contributed by atoms with van der Waals surface area (Å²) in [6.45, 7) is 7.05. The summed E-state index contributed by atoms with van der Waals surface area (Å²) in [6.07, 6.45) is 3.44. The Bertz CT molecular complexity index is 720. The summed E-state index contributed by atoms with van der Waals surface area (Å²) in [4.78, 5) is 21.7. The Labute approximate surface area is 141 Å². The summed E-state index contributed by atoms with van der Waals surface area (Å²) in [5.41, 5.74) is 1.40. The molecule has 3 heterocycles. The molecule has 1 aliphatic heterocycles. The number of pyridine rings is 1. The van der Waals surface area contributed by atoms with Crippen molar-refractivity contribution in [3.8, 4) is 0 Å². The van der Waals surface area contributed by atoms with E-state index in [-0.39, 0.29) is 12.0 Å². The zero-order chi connectivity index (χ0) is 16.6. The Kier molecular flexibility index (Phi) is 4.23. The van der Waals surface area contributed by atoms with Crippen molar-refractivity contribution in [2.24, 2.45) is 0 Å². The van der Waals surface area contributed by atoms with E-state index in [9.17, 15) is 4.79 Å². The molecule has 1 amide bonds. The molecule has 1 saturated heterocycles. The number of amides is 1. The predicted molar refractivity (Wildman–Crippen MR) is 90.9 cm³/mol. The van der Waals surface area contributed by atoms with Gasteiger partial charge in [0, 0.05) is 36.3 Å². The minimum Gasteiger partial charge on any atom is -0.444 e. The molecule has 1 aliphatic rings. The molecule has 1 fully saturated rings. The average Bonchev–Trinajstić information content (AvgIpc) is 2.91. The topological polar surface area (TPSA) is 58.2 Å². The summed E-state index contributed by atoms with van der Waals surface area (Å²) in [5, 5.41) is 1.62. The monoisotopic (exact) mass is 335 g/mol. The lowest BCUT2D eigenvalue weighted by Crippen LogP contribution is -2.42. The molecular weight excluding hydrogens is 314 g/mol. The fraction of sp³-hybridized carbons (Fsp3) is 0.529. The van der Waals surface area contributed by atoms with Gasteiger partial charge in [-0.15, -0.1) is 0 Å². The molecule has 0 radical (unpaired) electrons. The first-order valence-electron chi connectivity index (χ1n) is 7.94. The van der Waals surface area contributed by atoms with Gasteiger partial charge in [-0.1, -0.05) is 11.6 Å². The second-order valence-electron chi connectivity index (χ2n) is 7.05. The maximum atomic E-state index is 12.3. The number of nitrogens with zero attached hydrogens (tertiary/aromatic N) is 2. The van der Waals surface area contributed by atoms with Crippen LogP contribution >= 0.6 is 11.6 Å². The quantitative estimate of drug-likeness (QED) is 0.843. The predicted octanol–water partition coefficient (Wildman–Crippen LogP) is 4.33. The van der Waals surface area contributed by atoms with Crippen LogP contribution < -0.4 is 0 Å². The number of piperidine rings is 1. The third-order valence-electron chi connectivity index (χ3n) is 4.01. The van der Waals surface area contributed by atoms with Gasteiger partial charge in [-0.2, -0.15) is 0 Å². The molecule has 0 aromatic carbocycles. The average molecular weight is 336 g/mol. The molecule has 1 atom stereocenters. The van der Waals surface area contributed by atoms with Gasteiger partial charge in [0.2, 0.25) is 0 Å². The van der Waals surface area contributed by atoms with Crippen LogP contribution in [0.1, 0.15) is 45.2 Å². The molecule has 0 saturated carbocycles. The molecule has 6 heteroatoms. The van der Waals surface area contributed by atoms with E-state index in [1.165, 1.54) is 0 Å². The second-order valence-corrected chi connectivity index (χ2v) is 7.45. The van der Waals surface area contributed by atoms with Gasteiger partial charge >= 0.3 is 6.09 Å². The van der Waals surface area contributed by atoms with Crippen molar-refractivity contribution >= 4 is 28.7 Å². The Morgan fingerprint density at radius 2 is 2.26 bits per heavy atom. The Morgan fingerprint density at radius 3 is 2.96 bits per heavy atom. The van der Waals surface area contributed by atoms with Gasteiger partial charge in [0.05, 0.1) is 5.02 Å². The van der Waals surface area contributed by atoms with E-state index < -0.39 is 5.60 Å². The molecular formula is C17H22ClN3O2. The first-order chi connectivity index (χ1) is 10.8. The number of halogens is 1. The number of rotatable bonds is 1. The van der Waals surface area contributed by atoms with Crippen LogP contribution in [-0.2, 0) is 4.74 Å². The number of ether oxygens (including phenoxy) is 1. The standard InChI is InChI=1S/C17H22ClN3O2/c1-17(2,3)23-16(22)21-8-4-5-11(10-21)14-9-12-13(18)6-7-19-15(12)20-14/h6-7,9,11H,4-5,8,10H2,1-3H3,(H,19,20). The van der Waals surface area contributed by atoms with E-state index in [2.05, 4.69) is 9.97 Å². The number of hydrogen-bond donors (Lipinski definition) is 1. The number of hydrogen-bond acceptors (Lipinski definition) is 3. The lowest BCUT2D eigenvalue weighted by atomic mass is 9.95. The van der Waals surface area contributed by atoms with E-state index in [0.29, 0.717) is 11.6 Å². The van der Waals surface area contributed by atoms with Gasteiger partial charge in [-0.05, 0) is 45.7 Å². The Balaban J connectivity index is 1.77. The number of carbonyl (C=O) groups excluding carboxylic acids is 1. The number of nitrogens with one attached hydrogen (secondary N) is 1. The molecule has 1 N–H and O–H groups in total. The Hall–Kier alpha value is -1.75. The van der Waals surface area contributed by atoms with E-state index >= 15 is 0 Å². The van der Waals surface area contributed by atoms with Gasteiger partial charge in [0.15, 0.2) is 0 Å². The van der Waals surface area contributed by atoms with Crippen LogP contribution in [0.4, 0.5) is 4.79 Å². The SMILES string of the molecule is CC(C)(C)OC(=O)N1CCCC(c2cc3c(Cl)ccnc3[nH]2)C1. The maximum absolute atomic E-state index is 12.3. The number of aromatic amines is 1. The molecule has 2 aromatic rings. The number of likely N-dealkylation sites (tertiary alicyclic amines) is 1. The van der Waals surface area contributed by atoms with Crippen molar-refractivity contribution in [1.29, 1.82) is 0 Å². The summed E-state index contributed by atoms with van der Waals surface area (Å²) in [7, 11) is 0. The zero-order valence-electron chi connectivity index (χ0n) is 13.7. The lowest BCUT2D eigenvalue weighted by Gasteiger charge is -2.33. The van der Waals surface area contributed by atoms with Gasteiger partial charge in [0.25, 0.3) is 0 Å². The number of aromatic nitrogens is 2. The zero-order valence-corrected chi connectivity index (χ0v) is 14.5. The summed E-state index contributed by atoms with van der Waals surface area (Å²) in [6, 6.07) is 3.84. The molecule has 0 aliphatic carbocycles. The van der Waals surface area contributed by atoms with E-state index in [0.717, 1.165) is 36.1 Å². The number of fused-ring (bicyclic) bond motifs is 1. The highest BCUT2D eigenvalue weighted by Crippen LogP contribution is 2.31. The molecule has 0 spiro atoms. The molecule has 23 heavy (non-hydrogen) atoms. The fourth-order valence-corrected chi connectivity index (χ4v) is 3.16. The summed E-state index contributed by atoms with van der Waals surface area (Å²) >= 11 is 6.22. The van der Waals surface area contributed by atoms with E-state index in [1.54, 1.807) is 17.2 Å². The summed E-state index contributed by atoms with van der Waals surface area (Å²) in [5.74, 6) is 0.251. The van der Waals surface area contributed by atoms with Crippen molar-refractivity contribution in [2.75, 3.05) is 13.1 Å². The van der Waals surface area contributed by atoms with Crippen molar-refractivity contribution in [3.05, 3.63) is 29.0 Å². The third-order valence-corrected chi connectivity index (χ3v) is 4.34. The third kappa shape index (κ3) is 3.61. The number of carbonyl (C=O) groups is 1. The first-order valence-corrected chi connectivity index (χ1v) is 8.32. The minimum absolute atomic E-state index is 0.241. The van der Waals surface area contributed by atoms with Gasteiger partial charge in [-0.3, -0.25) is 0 Å².